The number of aryl methyl sites for hydroxylation is 1. The van der Waals surface area contributed by atoms with Crippen LogP contribution in [-0.4, -0.2) is 19.6 Å². The van der Waals surface area contributed by atoms with Gasteiger partial charge in [-0.1, -0.05) is 13.3 Å². The van der Waals surface area contributed by atoms with Gasteiger partial charge in [-0.25, -0.2) is 9.37 Å². The number of benzene rings is 1. The topological polar surface area (TPSA) is 57.8 Å². The standard InChI is InChI=1S/C16H15FN2O2/c1-2-3-10-8-12(20)15(13(21)9-10)14-11(17)4-6-19-7-5-18-16(14)19/h4-9,20-21H,2-3H2,1H3. The van der Waals surface area contributed by atoms with Crippen LogP contribution in [0.2, 0.25) is 0 Å². The fourth-order valence-corrected chi connectivity index (χ4v) is 2.55. The number of fused-ring (bicyclic) bond motifs is 1. The lowest BCUT2D eigenvalue weighted by molar-refractivity contribution is 0.452. The van der Waals surface area contributed by atoms with Gasteiger partial charge in [0, 0.05) is 18.6 Å². The molecule has 0 atom stereocenters. The van der Waals surface area contributed by atoms with E-state index in [9.17, 15) is 14.6 Å². The van der Waals surface area contributed by atoms with Crippen LogP contribution in [0.4, 0.5) is 4.39 Å². The zero-order valence-corrected chi connectivity index (χ0v) is 11.5. The summed E-state index contributed by atoms with van der Waals surface area (Å²) < 4.78 is 15.9. The van der Waals surface area contributed by atoms with Crippen molar-refractivity contribution in [3.63, 3.8) is 0 Å². The van der Waals surface area contributed by atoms with E-state index in [1.54, 1.807) is 28.9 Å². The summed E-state index contributed by atoms with van der Waals surface area (Å²) >= 11 is 0. The molecule has 0 amide bonds. The summed E-state index contributed by atoms with van der Waals surface area (Å²) in [6.07, 6.45) is 6.39. The van der Waals surface area contributed by atoms with Crippen LogP contribution < -0.4 is 0 Å². The van der Waals surface area contributed by atoms with Crippen molar-refractivity contribution in [2.24, 2.45) is 0 Å². The van der Waals surface area contributed by atoms with Gasteiger partial charge >= 0.3 is 0 Å². The number of halogens is 1. The van der Waals surface area contributed by atoms with Gasteiger partial charge in [0.15, 0.2) is 0 Å². The van der Waals surface area contributed by atoms with Crippen LogP contribution in [0, 0.1) is 5.82 Å². The molecule has 2 N–H and O–H groups in total. The molecule has 3 rings (SSSR count). The van der Waals surface area contributed by atoms with Gasteiger partial charge in [-0.3, -0.25) is 0 Å². The van der Waals surface area contributed by atoms with E-state index >= 15 is 0 Å². The summed E-state index contributed by atoms with van der Waals surface area (Å²) in [5.74, 6) is -0.829. The molecule has 0 bridgehead atoms. The van der Waals surface area contributed by atoms with Crippen LogP contribution in [0.25, 0.3) is 16.8 Å². The van der Waals surface area contributed by atoms with Crippen LogP contribution in [0.3, 0.4) is 0 Å². The van der Waals surface area contributed by atoms with E-state index < -0.39 is 5.82 Å². The Hall–Kier alpha value is -2.56. The molecule has 0 aliphatic carbocycles. The van der Waals surface area contributed by atoms with Gasteiger partial charge in [0.25, 0.3) is 0 Å². The largest absolute Gasteiger partial charge is 0.507 e. The van der Waals surface area contributed by atoms with E-state index in [0.717, 1.165) is 18.4 Å². The Balaban J connectivity index is 2.28. The van der Waals surface area contributed by atoms with E-state index in [-0.39, 0.29) is 22.6 Å². The molecule has 2 aromatic heterocycles. The summed E-state index contributed by atoms with van der Waals surface area (Å²) in [6, 6.07) is 4.40. The fourth-order valence-electron chi connectivity index (χ4n) is 2.55. The second-order valence-electron chi connectivity index (χ2n) is 4.96. The van der Waals surface area contributed by atoms with Crippen molar-refractivity contribution in [3.05, 3.63) is 48.2 Å². The number of pyridine rings is 1. The van der Waals surface area contributed by atoms with Crippen LogP contribution in [0.15, 0.2) is 36.8 Å². The number of hydrogen-bond donors (Lipinski definition) is 2. The number of rotatable bonds is 3. The number of aromatic nitrogens is 2. The fraction of sp³-hybridized carbons (Fsp3) is 0.188. The van der Waals surface area contributed by atoms with Crippen molar-refractivity contribution in [1.29, 1.82) is 0 Å². The van der Waals surface area contributed by atoms with Gasteiger partial charge in [0.2, 0.25) is 0 Å². The Labute approximate surface area is 121 Å². The highest BCUT2D eigenvalue weighted by molar-refractivity contribution is 5.86. The lowest BCUT2D eigenvalue weighted by atomic mass is 10.00. The first-order chi connectivity index (χ1) is 10.1. The third-order valence-electron chi connectivity index (χ3n) is 3.46. The molecular weight excluding hydrogens is 271 g/mol. The highest BCUT2D eigenvalue weighted by Gasteiger charge is 2.19. The molecule has 0 aliphatic rings. The molecular formula is C16H15FN2O2. The first-order valence-electron chi connectivity index (χ1n) is 6.78. The summed E-state index contributed by atoms with van der Waals surface area (Å²) in [5, 5.41) is 20.4. The maximum atomic E-state index is 14.2. The molecule has 21 heavy (non-hydrogen) atoms. The van der Waals surface area contributed by atoms with Gasteiger partial charge < -0.3 is 14.6 Å². The number of imidazole rings is 1. The zero-order valence-electron chi connectivity index (χ0n) is 11.5. The Morgan fingerprint density at radius 3 is 2.52 bits per heavy atom. The van der Waals surface area contributed by atoms with Crippen LogP contribution >= 0.6 is 0 Å². The van der Waals surface area contributed by atoms with Crippen molar-refractivity contribution >= 4 is 5.65 Å². The lowest BCUT2D eigenvalue weighted by Crippen LogP contribution is -1.94. The van der Waals surface area contributed by atoms with Crippen molar-refractivity contribution in [2.75, 3.05) is 0 Å². The molecule has 0 fully saturated rings. The molecule has 0 saturated carbocycles. The third-order valence-corrected chi connectivity index (χ3v) is 3.46. The number of nitrogens with zero attached hydrogens (tertiary/aromatic N) is 2. The predicted molar refractivity (Wildman–Crippen MR) is 77.9 cm³/mol. The molecule has 3 aromatic rings. The first-order valence-corrected chi connectivity index (χ1v) is 6.78. The average molecular weight is 286 g/mol. The molecule has 0 saturated heterocycles. The minimum Gasteiger partial charge on any atom is -0.507 e. The SMILES string of the molecule is CCCc1cc(O)c(-c2c(F)ccn3ccnc23)c(O)c1. The second-order valence-corrected chi connectivity index (χ2v) is 4.96. The molecule has 0 radical (unpaired) electrons. The predicted octanol–water partition coefficient (Wildman–Crippen LogP) is 3.50. The molecule has 108 valence electrons. The van der Waals surface area contributed by atoms with Crippen LogP contribution in [0.1, 0.15) is 18.9 Å². The van der Waals surface area contributed by atoms with E-state index in [0.29, 0.717) is 5.65 Å². The van der Waals surface area contributed by atoms with Gasteiger partial charge in [0.1, 0.15) is 23.0 Å². The monoisotopic (exact) mass is 286 g/mol. The Morgan fingerprint density at radius 1 is 1.14 bits per heavy atom. The molecule has 0 unspecified atom stereocenters. The molecule has 0 aliphatic heterocycles. The first kappa shape index (κ1) is 13.4. The van der Waals surface area contributed by atoms with Gasteiger partial charge in [-0.15, -0.1) is 0 Å². The summed E-state index contributed by atoms with van der Waals surface area (Å²) in [5.41, 5.74) is 1.33. The minimum atomic E-state index is -0.539. The Bertz CT molecular complexity index is 788. The van der Waals surface area contributed by atoms with Crippen LogP contribution in [-0.2, 0) is 6.42 Å². The molecule has 0 spiro atoms. The molecule has 4 nitrogen and oxygen atoms in total. The van der Waals surface area contributed by atoms with E-state index in [4.69, 9.17) is 0 Å². The lowest BCUT2D eigenvalue weighted by Gasteiger charge is -2.12. The molecule has 5 heteroatoms. The van der Waals surface area contributed by atoms with E-state index in [1.165, 1.54) is 12.3 Å². The quantitative estimate of drug-likeness (QED) is 0.774. The second kappa shape index (κ2) is 5.09. The number of hydrogen-bond acceptors (Lipinski definition) is 3. The Kier molecular flexibility index (Phi) is 3.25. The molecule has 2 heterocycles. The van der Waals surface area contributed by atoms with Crippen LogP contribution in [0.5, 0.6) is 11.5 Å². The van der Waals surface area contributed by atoms with E-state index in [2.05, 4.69) is 4.98 Å². The maximum Gasteiger partial charge on any atom is 0.147 e. The zero-order chi connectivity index (χ0) is 15.0. The van der Waals surface area contributed by atoms with Crippen molar-refractivity contribution in [3.8, 4) is 22.6 Å². The summed E-state index contributed by atoms with van der Waals surface area (Å²) in [7, 11) is 0. The van der Waals surface area contributed by atoms with Gasteiger partial charge in [-0.2, -0.15) is 0 Å². The molecule has 1 aromatic carbocycles. The maximum absolute atomic E-state index is 14.2. The minimum absolute atomic E-state index is 0.0733. The average Bonchev–Trinajstić information content (AvgIpc) is 2.89. The third kappa shape index (κ3) is 2.20. The highest BCUT2D eigenvalue weighted by atomic mass is 19.1. The van der Waals surface area contributed by atoms with E-state index in [1.807, 2.05) is 6.92 Å². The summed E-state index contributed by atoms with van der Waals surface area (Å²) in [6.45, 7) is 2.01. The van der Waals surface area contributed by atoms with Gasteiger partial charge in [0.05, 0.1) is 11.1 Å². The number of aromatic hydroxyl groups is 2. The summed E-state index contributed by atoms with van der Waals surface area (Å²) in [4.78, 5) is 4.10. The van der Waals surface area contributed by atoms with Crippen molar-refractivity contribution in [2.45, 2.75) is 19.8 Å². The highest BCUT2D eigenvalue weighted by Crippen LogP contribution is 2.41. The van der Waals surface area contributed by atoms with Crippen molar-refractivity contribution < 1.29 is 14.6 Å². The number of phenolic OH excluding ortho intramolecular Hbond substituents is 2. The van der Waals surface area contributed by atoms with Gasteiger partial charge in [-0.05, 0) is 30.2 Å². The smallest absolute Gasteiger partial charge is 0.147 e. The Morgan fingerprint density at radius 2 is 1.86 bits per heavy atom. The van der Waals surface area contributed by atoms with Crippen molar-refractivity contribution in [1.82, 2.24) is 9.38 Å². The normalized spacial score (nSPS) is 11.1. The number of phenols is 2.